The smallest absolute Gasteiger partial charge is 0.228 e. The summed E-state index contributed by atoms with van der Waals surface area (Å²) in [5.41, 5.74) is 2.00. The molecule has 0 aliphatic rings. The zero-order valence-corrected chi connectivity index (χ0v) is 15.7. The lowest BCUT2D eigenvalue weighted by Crippen LogP contribution is -2.29. The maximum absolute atomic E-state index is 12.3. The first kappa shape index (κ1) is 19.1. The van der Waals surface area contributed by atoms with Crippen LogP contribution in [0, 0.1) is 6.92 Å². The molecule has 0 radical (unpaired) electrons. The summed E-state index contributed by atoms with van der Waals surface area (Å²) in [5.74, 6) is 0.328. The summed E-state index contributed by atoms with van der Waals surface area (Å²) in [7, 11) is 0. The van der Waals surface area contributed by atoms with Gasteiger partial charge >= 0.3 is 0 Å². The van der Waals surface area contributed by atoms with Gasteiger partial charge < -0.3 is 10.6 Å². The first-order valence-electron chi connectivity index (χ1n) is 7.68. The quantitative estimate of drug-likeness (QED) is 0.419. The minimum atomic E-state index is -0.388. The van der Waals surface area contributed by atoms with Gasteiger partial charge in [0.2, 0.25) is 16.9 Å². The lowest BCUT2D eigenvalue weighted by molar-refractivity contribution is -0.120. The van der Waals surface area contributed by atoms with Gasteiger partial charge in [0.25, 0.3) is 0 Å². The number of nitrogens with one attached hydrogen (secondary N) is 2. The Morgan fingerprint density at radius 1 is 1.32 bits per heavy atom. The van der Waals surface area contributed by atoms with Crippen molar-refractivity contribution in [3.8, 4) is 0 Å². The number of nitrogens with zero attached hydrogens (tertiary/aromatic N) is 2. The van der Waals surface area contributed by atoms with Crippen molar-refractivity contribution in [3.63, 3.8) is 0 Å². The Labute approximate surface area is 155 Å². The van der Waals surface area contributed by atoms with Crippen LogP contribution >= 0.6 is 23.1 Å². The van der Waals surface area contributed by atoms with Crippen molar-refractivity contribution in [2.45, 2.75) is 30.6 Å². The van der Waals surface area contributed by atoms with E-state index in [0.29, 0.717) is 5.13 Å². The second-order valence-electron chi connectivity index (χ2n) is 5.39. The van der Waals surface area contributed by atoms with Crippen LogP contribution in [0.5, 0.6) is 0 Å². The molecule has 1 aromatic heterocycles. The van der Waals surface area contributed by atoms with Crippen LogP contribution in [0.15, 0.2) is 41.3 Å². The van der Waals surface area contributed by atoms with Crippen molar-refractivity contribution in [3.05, 3.63) is 48.0 Å². The van der Waals surface area contributed by atoms with E-state index in [9.17, 15) is 9.59 Å². The predicted octanol–water partition coefficient (Wildman–Crippen LogP) is 3.33. The Kier molecular flexibility index (Phi) is 7.15. The van der Waals surface area contributed by atoms with Crippen LogP contribution in [0.3, 0.4) is 0 Å². The van der Waals surface area contributed by atoms with Crippen molar-refractivity contribution >= 4 is 40.0 Å². The number of benzene rings is 1. The molecule has 2 N–H and O–H groups in total. The molecule has 1 aromatic carbocycles. The van der Waals surface area contributed by atoms with Crippen LogP contribution in [0.1, 0.15) is 30.5 Å². The number of hydrogen-bond acceptors (Lipinski definition) is 6. The molecule has 25 heavy (non-hydrogen) atoms. The second-order valence-corrected chi connectivity index (χ2v) is 7.63. The molecule has 0 aliphatic heterocycles. The van der Waals surface area contributed by atoms with Crippen LogP contribution in [0.2, 0.25) is 0 Å². The maximum atomic E-state index is 12.3. The van der Waals surface area contributed by atoms with Crippen LogP contribution in [0.25, 0.3) is 0 Å². The third kappa shape index (κ3) is 6.32. The van der Waals surface area contributed by atoms with Gasteiger partial charge in [-0.2, -0.15) is 0 Å². The summed E-state index contributed by atoms with van der Waals surface area (Å²) in [6.07, 6.45) is 1.90. The summed E-state index contributed by atoms with van der Waals surface area (Å²) in [6.45, 7) is 7.08. The molecule has 8 heteroatoms. The second kappa shape index (κ2) is 9.33. The van der Waals surface area contributed by atoms with Crippen LogP contribution in [-0.2, 0) is 9.59 Å². The van der Waals surface area contributed by atoms with E-state index < -0.39 is 0 Å². The molecule has 2 aromatic rings. The molecule has 2 rings (SSSR count). The Morgan fingerprint density at radius 2 is 2.04 bits per heavy atom. The normalized spacial score (nSPS) is 11.6. The van der Waals surface area contributed by atoms with Crippen LogP contribution in [0.4, 0.5) is 5.13 Å². The summed E-state index contributed by atoms with van der Waals surface area (Å²) in [6, 6.07) is 7.35. The van der Waals surface area contributed by atoms with Gasteiger partial charge in [0, 0.05) is 12.7 Å². The van der Waals surface area contributed by atoms with E-state index >= 15 is 0 Å². The minimum absolute atomic E-state index is 0.122. The minimum Gasteiger partial charge on any atom is -0.349 e. The zero-order chi connectivity index (χ0) is 18.2. The molecule has 0 spiro atoms. The first-order valence-corrected chi connectivity index (χ1v) is 9.49. The molecule has 0 saturated carbocycles. The Morgan fingerprint density at radius 3 is 2.68 bits per heavy atom. The molecule has 1 heterocycles. The number of aromatic nitrogens is 2. The molecule has 6 nitrogen and oxygen atoms in total. The fraction of sp³-hybridized carbons (Fsp3) is 0.294. The number of anilines is 1. The maximum Gasteiger partial charge on any atom is 0.228 e. The van der Waals surface area contributed by atoms with Gasteiger partial charge in [-0.3, -0.25) is 9.59 Å². The SMILES string of the molecule is C=CCSc1nnc(NC(=O)C[C@@H](NC(C)=O)c2ccc(C)cc2)s1. The molecule has 1 atom stereocenters. The average molecular weight is 377 g/mol. The topological polar surface area (TPSA) is 84.0 Å². The first-order chi connectivity index (χ1) is 12.0. The summed E-state index contributed by atoms with van der Waals surface area (Å²) in [5, 5.41) is 14.0. The number of thioether (sulfide) groups is 1. The van der Waals surface area contributed by atoms with Crippen LogP contribution in [-0.4, -0.2) is 27.8 Å². The number of carbonyl (C=O) groups is 2. The highest BCUT2D eigenvalue weighted by molar-refractivity contribution is 8.01. The van der Waals surface area contributed by atoms with Crippen LogP contribution < -0.4 is 10.6 Å². The lowest BCUT2D eigenvalue weighted by Gasteiger charge is -2.17. The Bertz CT molecular complexity index is 743. The van der Waals surface area contributed by atoms with Gasteiger partial charge in [0.15, 0.2) is 4.34 Å². The van der Waals surface area contributed by atoms with E-state index in [1.165, 1.54) is 30.0 Å². The van der Waals surface area contributed by atoms with Crippen molar-refractivity contribution in [1.29, 1.82) is 0 Å². The molecule has 0 bridgehead atoms. The lowest BCUT2D eigenvalue weighted by atomic mass is 10.0. The molecule has 0 saturated heterocycles. The monoisotopic (exact) mass is 376 g/mol. The van der Waals surface area contributed by atoms with Gasteiger partial charge in [0.1, 0.15) is 0 Å². The fourth-order valence-electron chi connectivity index (χ4n) is 2.10. The number of amides is 2. The predicted molar refractivity (Wildman–Crippen MR) is 102 cm³/mol. The van der Waals surface area contributed by atoms with Crippen molar-refractivity contribution in [1.82, 2.24) is 15.5 Å². The molecular formula is C17H20N4O2S2. The molecule has 132 valence electrons. The summed E-state index contributed by atoms with van der Waals surface area (Å²) < 4.78 is 0.771. The Hall–Kier alpha value is -2.19. The third-order valence-corrected chi connectivity index (χ3v) is 5.19. The van der Waals surface area contributed by atoms with Crippen molar-refractivity contribution in [2.75, 3.05) is 11.1 Å². The van der Waals surface area contributed by atoms with Crippen molar-refractivity contribution < 1.29 is 9.59 Å². The largest absolute Gasteiger partial charge is 0.349 e. The van der Waals surface area contributed by atoms with Crippen molar-refractivity contribution in [2.24, 2.45) is 0 Å². The molecule has 2 amide bonds. The highest BCUT2D eigenvalue weighted by atomic mass is 32.2. The highest BCUT2D eigenvalue weighted by Crippen LogP contribution is 2.26. The number of rotatable bonds is 8. The van der Waals surface area contributed by atoms with Gasteiger partial charge in [-0.25, -0.2) is 0 Å². The summed E-state index contributed by atoms with van der Waals surface area (Å²) >= 11 is 2.82. The average Bonchev–Trinajstić information content (AvgIpc) is 2.99. The van der Waals surface area contributed by atoms with E-state index in [1.807, 2.05) is 31.2 Å². The highest BCUT2D eigenvalue weighted by Gasteiger charge is 2.18. The van der Waals surface area contributed by atoms with E-state index in [4.69, 9.17) is 0 Å². The molecule has 0 fully saturated rings. The van der Waals surface area contributed by atoms with Gasteiger partial charge in [0.05, 0.1) is 12.5 Å². The number of hydrogen-bond donors (Lipinski definition) is 2. The summed E-state index contributed by atoms with van der Waals surface area (Å²) in [4.78, 5) is 23.8. The third-order valence-electron chi connectivity index (χ3n) is 3.22. The van der Waals surface area contributed by atoms with E-state index in [2.05, 4.69) is 27.4 Å². The number of carbonyl (C=O) groups excluding carboxylic acids is 2. The number of aryl methyl sites for hydroxylation is 1. The van der Waals surface area contributed by atoms with Gasteiger partial charge in [-0.1, -0.05) is 59.0 Å². The molecule has 0 aliphatic carbocycles. The Balaban J connectivity index is 2.01. The molecule has 0 unspecified atom stereocenters. The fourth-order valence-corrected chi connectivity index (χ4v) is 3.63. The van der Waals surface area contributed by atoms with Gasteiger partial charge in [-0.15, -0.1) is 16.8 Å². The molecular weight excluding hydrogens is 356 g/mol. The van der Waals surface area contributed by atoms with Gasteiger partial charge in [-0.05, 0) is 12.5 Å². The van der Waals surface area contributed by atoms with E-state index in [1.54, 1.807) is 6.08 Å². The van der Waals surface area contributed by atoms with E-state index in [-0.39, 0.29) is 24.3 Å². The zero-order valence-electron chi connectivity index (χ0n) is 14.1. The van der Waals surface area contributed by atoms with E-state index in [0.717, 1.165) is 21.2 Å². The standard InChI is InChI=1S/C17H20N4O2S2/c1-4-9-24-17-21-20-16(25-17)19-15(23)10-14(18-12(3)22)13-7-5-11(2)6-8-13/h4-8,14H,1,9-10H2,2-3H3,(H,18,22)(H,19,20,23)/t14-/m1/s1.